The van der Waals surface area contributed by atoms with Crippen LogP contribution < -0.4 is 10.9 Å². The molecule has 224 valence electrons. The number of hydrogen-bond donors (Lipinski definition) is 2. The number of halogens is 1. The van der Waals surface area contributed by atoms with Crippen LogP contribution in [0.5, 0.6) is 0 Å². The van der Waals surface area contributed by atoms with E-state index in [-0.39, 0.29) is 0 Å². The monoisotopic (exact) mass is 568 g/mol. The predicted octanol–water partition coefficient (Wildman–Crippen LogP) is 9.09. The van der Waals surface area contributed by atoms with E-state index in [1.165, 1.54) is 88.4 Å². The fraction of sp³-hybridized carbons (Fsp3) is 0.657. The van der Waals surface area contributed by atoms with Gasteiger partial charge in [0.2, 0.25) is 0 Å². The molecule has 2 aliphatic carbocycles. The molecule has 1 aromatic carbocycles. The summed E-state index contributed by atoms with van der Waals surface area (Å²) < 4.78 is 0. The molecule has 2 saturated carbocycles. The van der Waals surface area contributed by atoms with Crippen LogP contribution in [-0.4, -0.2) is 41.5 Å². The number of allylic oxidation sites excluding steroid dienone is 3. The molecule has 1 aromatic rings. The summed E-state index contributed by atoms with van der Waals surface area (Å²) in [4.78, 5) is 5.18. The average Bonchev–Trinajstić information content (AvgIpc) is 3.82. The summed E-state index contributed by atoms with van der Waals surface area (Å²) in [5.74, 6) is 1.71. The fourth-order valence-electron chi connectivity index (χ4n) is 6.39. The molecule has 0 amide bonds. The highest BCUT2D eigenvalue weighted by molar-refractivity contribution is 6.29. The summed E-state index contributed by atoms with van der Waals surface area (Å²) in [5, 5.41) is 0.656. The zero-order valence-corrected chi connectivity index (χ0v) is 26.9. The maximum absolute atomic E-state index is 6.06. The predicted molar refractivity (Wildman–Crippen MR) is 174 cm³/mol. The van der Waals surface area contributed by atoms with Gasteiger partial charge in [0.05, 0.1) is 5.70 Å². The lowest BCUT2D eigenvalue weighted by molar-refractivity contribution is 0.00974. The Labute approximate surface area is 251 Å². The van der Waals surface area contributed by atoms with Gasteiger partial charge in [0.25, 0.3) is 0 Å². The van der Waals surface area contributed by atoms with Gasteiger partial charge in [-0.25, -0.2) is 0 Å². The first kappa shape index (κ1) is 32.6. The molecule has 4 aliphatic rings. The van der Waals surface area contributed by atoms with Crippen molar-refractivity contribution in [3.63, 3.8) is 0 Å². The van der Waals surface area contributed by atoms with Crippen LogP contribution in [0.3, 0.4) is 0 Å². The highest BCUT2D eigenvalue weighted by Crippen LogP contribution is 2.39. The Kier molecular flexibility index (Phi) is 14.5. The Balaban J connectivity index is 0.000000192. The molecule has 40 heavy (non-hydrogen) atoms. The lowest BCUT2D eigenvalue weighted by atomic mass is 9.89. The number of hydrazine groups is 1. The minimum Gasteiger partial charge on any atom is -0.369 e. The molecule has 0 spiro atoms. The Morgan fingerprint density at radius 3 is 2.30 bits per heavy atom. The molecular weight excluding hydrogens is 512 g/mol. The number of likely N-dealkylation sites (tertiary alicyclic amines) is 1. The van der Waals surface area contributed by atoms with Gasteiger partial charge in [0.15, 0.2) is 0 Å². The van der Waals surface area contributed by atoms with E-state index in [2.05, 4.69) is 91.7 Å². The minimum absolute atomic E-state index is 0.656. The van der Waals surface area contributed by atoms with E-state index < -0.39 is 0 Å². The summed E-state index contributed by atoms with van der Waals surface area (Å²) in [5.41, 5.74) is 10.2. The molecule has 5 heteroatoms. The SMILES string of the molecule is C/C=C(\CC)C(C)CCC.CCN(CC1CCN1C1CCCCC1)C1=CNNC(Cl)=C1.c1ccc(C2CC2)cc1. The second-order valence-electron chi connectivity index (χ2n) is 11.9. The van der Waals surface area contributed by atoms with Crippen LogP contribution in [0, 0.1) is 5.92 Å². The quantitative estimate of drug-likeness (QED) is 0.218. The first-order valence-corrected chi connectivity index (χ1v) is 16.7. The molecule has 2 heterocycles. The van der Waals surface area contributed by atoms with Gasteiger partial charge in [0.1, 0.15) is 5.16 Å². The molecule has 5 rings (SSSR count). The van der Waals surface area contributed by atoms with Gasteiger partial charge in [-0.3, -0.25) is 10.3 Å². The molecule has 1 saturated heterocycles. The van der Waals surface area contributed by atoms with Crippen molar-refractivity contribution < 1.29 is 0 Å². The van der Waals surface area contributed by atoms with E-state index in [0.717, 1.165) is 37.0 Å². The van der Waals surface area contributed by atoms with Crippen LogP contribution in [0.15, 0.2) is 65.1 Å². The number of likely N-dealkylation sites (N-methyl/N-ethyl adjacent to an activating group) is 1. The van der Waals surface area contributed by atoms with Crippen molar-refractivity contribution in [2.24, 2.45) is 5.92 Å². The highest BCUT2D eigenvalue weighted by Gasteiger charge is 2.35. The van der Waals surface area contributed by atoms with Gasteiger partial charge in [-0.05, 0) is 82.3 Å². The van der Waals surface area contributed by atoms with Crippen LogP contribution in [0.1, 0.15) is 117 Å². The lowest BCUT2D eigenvalue weighted by Crippen LogP contribution is -2.57. The van der Waals surface area contributed by atoms with Crippen molar-refractivity contribution in [1.82, 2.24) is 20.7 Å². The largest absolute Gasteiger partial charge is 0.369 e. The zero-order chi connectivity index (χ0) is 28.7. The van der Waals surface area contributed by atoms with Crippen molar-refractivity contribution in [3.05, 3.63) is 70.7 Å². The Morgan fingerprint density at radius 2 is 1.77 bits per heavy atom. The van der Waals surface area contributed by atoms with Crippen LogP contribution in [0.25, 0.3) is 0 Å². The molecule has 0 bridgehead atoms. The maximum Gasteiger partial charge on any atom is 0.122 e. The molecular formula is C35H57ClN4. The molecule has 3 fully saturated rings. The van der Waals surface area contributed by atoms with E-state index in [9.17, 15) is 0 Å². The standard InChI is InChI=1S/C16H27ClN4.C10H20.C9H10/c1-2-20(15-10-16(17)19-18-11-15)12-14-8-9-21(14)13-6-4-3-5-7-13;1-5-8-9(4)10(6-2)7-3;1-2-4-8(5-3-1)9-6-7-9/h10-11,13-14,18-19H,2-9,12H2,1H3;6,9H,5,7-8H2,1-4H3;1-5,9H,6-7H2/b;10-6+;. The number of rotatable bonds is 10. The number of nitrogens with one attached hydrogen (secondary N) is 2. The topological polar surface area (TPSA) is 30.5 Å². The molecule has 2 unspecified atom stereocenters. The summed E-state index contributed by atoms with van der Waals surface area (Å²) in [7, 11) is 0. The number of benzene rings is 1. The Morgan fingerprint density at radius 1 is 1.05 bits per heavy atom. The van der Waals surface area contributed by atoms with E-state index in [1.54, 1.807) is 5.57 Å². The van der Waals surface area contributed by atoms with Crippen molar-refractivity contribution in [3.8, 4) is 0 Å². The van der Waals surface area contributed by atoms with E-state index >= 15 is 0 Å². The van der Waals surface area contributed by atoms with Gasteiger partial charge >= 0.3 is 0 Å². The van der Waals surface area contributed by atoms with Crippen molar-refractivity contribution in [2.45, 2.75) is 123 Å². The second-order valence-corrected chi connectivity index (χ2v) is 12.3. The van der Waals surface area contributed by atoms with Crippen LogP contribution in [0.2, 0.25) is 0 Å². The van der Waals surface area contributed by atoms with Crippen LogP contribution >= 0.6 is 11.6 Å². The Hall–Kier alpha value is -1.91. The van der Waals surface area contributed by atoms with Gasteiger partial charge in [-0.2, -0.15) is 0 Å². The van der Waals surface area contributed by atoms with Gasteiger partial charge in [0, 0.05) is 37.9 Å². The van der Waals surface area contributed by atoms with Gasteiger partial charge in [-0.1, -0.05) is 100 Å². The third kappa shape index (κ3) is 10.5. The van der Waals surface area contributed by atoms with Crippen molar-refractivity contribution >= 4 is 11.6 Å². The summed E-state index contributed by atoms with van der Waals surface area (Å²) in [6.07, 6.45) is 21.4. The van der Waals surface area contributed by atoms with Crippen molar-refractivity contribution in [1.29, 1.82) is 0 Å². The minimum atomic E-state index is 0.656. The van der Waals surface area contributed by atoms with Gasteiger partial charge < -0.3 is 10.3 Å². The van der Waals surface area contributed by atoms with E-state index in [4.69, 9.17) is 11.6 Å². The summed E-state index contributed by atoms with van der Waals surface area (Å²) >= 11 is 6.06. The van der Waals surface area contributed by atoms with Gasteiger partial charge in [-0.15, -0.1) is 0 Å². The smallest absolute Gasteiger partial charge is 0.122 e. The van der Waals surface area contributed by atoms with Crippen LogP contribution in [-0.2, 0) is 0 Å². The molecule has 4 nitrogen and oxygen atoms in total. The zero-order valence-electron chi connectivity index (χ0n) is 26.1. The lowest BCUT2D eigenvalue weighted by Gasteiger charge is -2.49. The third-order valence-electron chi connectivity index (χ3n) is 9.08. The number of hydrogen-bond acceptors (Lipinski definition) is 4. The third-order valence-corrected chi connectivity index (χ3v) is 9.28. The molecule has 2 aliphatic heterocycles. The molecule has 0 radical (unpaired) electrons. The first-order valence-electron chi connectivity index (χ1n) is 16.3. The Bertz CT molecular complexity index is 930. The van der Waals surface area contributed by atoms with E-state index in [0.29, 0.717) is 5.16 Å². The van der Waals surface area contributed by atoms with E-state index in [1.807, 2.05) is 12.3 Å². The fourth-order valence-corrected chi connectivity index (χ4v) is 6.55. The molecule has 0 aromatic heterocycles. The normalized spacial score (nSPS) is 22.1. The molecule has 2 atom stereocenters. The van der Waals surface area contributed by atoms with Crippen LogP contribution in [0.4, 0.5) is 0 Å². The second kappa shape index (κ2) is 17.8. The van der Waals surface area contributed by atoms with Crippen molar-refractivity contribution in [2.75, 3.05) is 19.6 Å². The average molecular weight is 569 g/mol. The maximum atomic E-state index is 6.06. The summed E-state index contributed by atoms with van der Waals surface area (Å²) in [6, 6.07) is 12.3. The molecule has 2 N–H and O–H groups in total. The highest BCUT2D eigenvalue weighted by atomic mass is 35.5. The summed E-state index contributed by atoms with van der Waals surface area (Å²) in [6.45, 7) is 14.6. The number of nitrogens with zero attached hydrogens (tertiary/aromatic N) is 2. The first-order chi connectivity index (χ1) is 19.5.